The lowest BCUT2D eigenvalue weighted by Crippen LogP contribution is -2.29. The molecule has 0 radical (unpaired) electrons. The van der Waals surface area contributed by atoms with Crippen molar-refractivity contribution in [3.05, 3.63) is 59.7 Å². The zero-order valence-corrected chi connectivity index (χ0v) is 16.2. The van der Waals surface area contributed by atoms with E-state index in [0.29, 0.717) is 31.8 Å². The Morgan fingerprint density at radius 2 is 1.81 bits per heavy atom. The molecule has 1 saturated heterocycles. The number of rotatable bonds is 7. The lowest BCUT2D eigenvalue weighted by molar-refractivity contribution is 0.0947. The fraction of sp³-hybridized carbons (Fsp3) is 0.350. The smallest absolute Gasteiger partial charge is 0.251 e. The first kappa shape index (κ1) is 19.4. The number of sulfonamides is 1. The van der Waals surface area contributed by atoms with Gasteiger partial charge in [-0.2, -0.15) is 4.31 Å². The van der Waals surface area contributed by atoms with Crippen molar-refractivity contribution in [2.45, 2.75) is 24.7 Å². The summed E-state index contributed by atoms with van der Waals surface area (Å²) in [5.41, 5.74) is 1.53. The Morgan fingerprint density at radius 1 is 1.11 bits per heavy atom. The molecule has 1 aliphatic rings. The van der Waals surface area contributed by atoms with E-state index >= 15 is 0 Å². The number of nitrogens with one attached hydrogen (secondary N) is 1. The molecule has 1 N–H and O–H groups in total. The van der Waals surface area contributed by atoms with E-state index < -0.39 is 10.0 Å². The van der Waals surface area contributed by atoms with Crippen LogP contribution in [0.25, 0.3) is 0 Å². The van der Waals surface area contributed by atoms with E-state index in [0.717, 1.165) is 24.2 Å². The van der Waals surface area contributed by atoms with Crippen LogP contribution in [0, 0.1) is 6.92 Å². The van der Waals surface area contributed by atoms with Gasteiger partial charge in [-0.15, -0.1) is 0 Å². The highest BCUT2D eigenvalue weighted by molar-refractivity contribution is 7.89. The van der Waals surface area contributed by atoms with Gasteiger partial charge in [0, 0.05) is 18.7 Å². The summed E-state index contributed by atoms with van der Waals surface area (Å²) >= 11 is 0. The van der Waals surface area contributed by atoms with Crippen molar-refractivity contribution in [1.82, 2.24) is 9.62 Å². The van der Waals surface area contributed by atoms with Crippen LogP contribution >= 0.6 is 0 Å². The van der Waals surface area contributed by atoms with Crippen molar-refractivity contribution in [1.29, 1.82) is 0 Å². The second-order valence-electron chi connectivity index (χ2n) is 6.56. The van der Waals surface area contributed by atoms with Crippen molar-refractivity contribution >= 4 is 15.9 Å². The molecule has 6 nitrogen and oxygen atoms in total. The summed E-state index contributed by atoms with van der Waals surface area (Å²) in [5.74, 6) is 0.508. The van der Waals surface area contributed by atoms with Crippen LogP contribution < -0.4 is 10.1 Å². The largest absolute Gasteiger partial charge is 0.492 e. The third kappa shape index (κ3) is 4.87. The molecular weight excluding hydrogens is 364 g/mol. The van der Waals surface area contributed by atoms with Crippen LogP contribution in [0.5, 0.6) is 5.75 Å². The minimum atomic E-state index is -3.45. The number of hydrogen-bond donors (Lipinski definition) is 1. The quantitative estimate of drug-likeness (QED) is 0.740. The molecule has 0 aliphatic carbocycles. The van der Waals surface area contributed by atoms with Gasteiger partial charge in [0.15, 0.2) is 0 Å². The van der Waals surface area contributed by atoms with Crippen LogP contribution in [0.2, 0.25) is 0 Å². The summed E-state index contributed by atoms with van der Waals surface area (Å²) in [6.45, 7) is 3.83. The van der Waals surface area contributed by atoms with Gasteiger partial charge in [0.1, 0.15) is 12.4 Å². The Balaban J connectivity index is 1.51. The van der Waals surface area contributed by atoms with Crippen LogP contribution in [0.3, 0.4) is 0 Å². The van der Waals surface area contributed by atoms with Gasteiger partial charge in [0.25, 0.3) is 5.91 Å². The van der Waals surface area contributed by atoms with Crippen LogP contribution in [0.15, 0.2) is 53.4 Å². The number of carbonyl (C=O) groups excluding carboxylic acids is 1. The first-order valence-corrected chi connectivity index (χ1v) is 10.5. The molecule has 0 atom stereocenters. The molecule has 144 valence electrons. The highest BCUT2D eigenvalue weighted by atomic mass is 32.2. The first-order chi connectivity index (χ1) is 13.0. The third-order valence-corrected chi connectivity index (χ3v) is 6.38. The van der Waals surface area contributed by atoms with Crippen molar-refractivity contribution in [3.8, 4) is 5.75 Å². The van der Waals surface area contributed by atoms with Crippen molar-refractivity contribution in [2.75, 3.05) is 26.2 Å². The number of ether oxygens (including phenoxy) is 1. The van der Waals surface area contributed by atoms with E-state index in [9.17, 15) is 13.2 Å². The number of aryl methyl sites for hydroxylation is 1. The molecule has 1 amide bonds. The molecule has 2 aromatic carbocycles. The molecule has 1 heterocycles. The molecule has 3 rings (SSSR count). The Kier molecular flexibility index (Phi) is 6.13. The van der Waals surface area contributed by atoms with Gasteiger partial charge in [-0.3, -0.25) is 4.79 Å². The molecule has 0 aromatic heterocycles. The van der Waals surface area contributed by atoms with E-state index in [4.69, 9.17) is 4.74 Å². The summed E-state index contributed by atoms with van der Waals surface area (Å²) < 4.78 is 32.1. The SMILES string of the molecule is Cc1cccc(OCCNC(=O)c2ccc(S(=O)(=O)N3CCCC3)cc2)c1. The third-order valence-electron chi connectivity index (χ3n) is 4.47. The summed E-state index contributed by atoms with van der Waals surface area (Å²) in [6.07, 6.45) is 1.79. The second kappa shape index (κ2) is 8.54. The highest BCUT2D eigenvalue weighted by Gasteiger charge is 2.27. The minimum absolute atomic E-state index is 0.226. The zero-order valence-electron chi connectivity index (χ0n) is 15.3. The number of nitrogens with zero attached hydrogens (tertiary/aromatic N) is 1. The van der Waals surface area contributed by atoms with Crippen LogP contribution in [-0.2, 0) is 10.0 Å². The van der Waals surface area contributed by atoms with Gasteiger partial charge in [0.2, 0.25) is 10.0 Å². The van der Waals surface area contributed by atoms with Crippen molar-refractivity contribution in [3.63, 3.8) is 0 Å². The lowest BCUT2D eigenvalue weighted by atomic mass is 10.2. The molecule has 7 heteroatoms. The summed E-state index contributed by atoms with van der Waals surface area (Å²) in [4.78, 5) is 12.4. The van der Waals surface area contributed by atoms with E-state index in [1.165, 1.54) is 16.4 Å². The molecule has 0 unspecified atom stereocenters. The maximum atomic E-state index is 12.5. The fourth-order valence-electron chi connectivity index (χ4n) is 3.00. The average molecular weight is 388 g/mol. The average Bonchev–Trinajstić information content (AvgIpc) is 3.21. The van der Waals surface area contributed by atoms with E-state index in [2.05, 4.69) is 5.32 Å². The summed E-state index contributed by atoms with van der Waals surface area (Å²) in [5, 5.41) is 2.77. The molecule has 1 aliphatic heterocycles. The molecule has 27 heavy (non-hydrogen) atoms. The summed E-state index contributed by atoms with van der Waals surface area (Å²) in [7, 11) is -3.45. The predicted octanol–water partition coefficient (Wildman–Crippen LogP) is 2.59. The summed E-state index contributed by atoms with van der Waals surface area (Å²) in [6, 6.07) is 13.8. The van der Waals surface area contributed by atoms with Crippen molar-refractivity contribution < 1.29 is 17.9 Å². The van der Waals surface area contributed by atoms with E-state index in [-0.39, 0.29) is 10.8 Å². The van der Waals surface area contributed by atoms with Crippen LogP contribution in [0.4, 0.5) is 0 Å². The molecule has 2 aromatic rings. The number of benzene rings is 2. The molecule has 0 saturated carbocycles. The topological polar surface area (TPSA) is 75.7 Å². The standard InChI is InChI=1S/C20H24N2O4S/c1-16-5-4-6-18(15-16)26-14-11-21-20(23)17-7-9-19(10-8-17)27(24,25)22-12-2-3-13-22/h4-10,15H,2-3,11-14H2,1H3,(H,21,23). The molecular formula is C20H24N2O4S. The van der Waals surface area contributed by atoms with Gasteiger partial charge in [-0.25, -0.2) is 8.42 Å². The highest BCUT2D eigenvalue weighted by Crippen LogP contribution is 2.21. The first-order valence-electron chi connectivity index (χ1n) is 9.05. The van der Waals surface area contributed by atoms with Gasteiger partial charge in [-0.05, 0) is 61.7 Å². The number of carbonyl (C=O) groups is 1. The van der Waals surface area contributed by atoms with Crippen LogP contribution in [0.1, 0.15) is 28.8 Å². The second-order valence-corrected chi connectivity index (χ2v) is 8.49. The Morgan fingerprint density at radius 3 is 2.48 bits per heavy atom. The normalized spacial score (nSPS) is 14.9. The predicted molar refractivity (Wildman–Crippen MR) is 103 cm³/mol. The van der Waals surface area contributed by atoms with E-state index in [1.807, 2.05) is 31.2 Å². The fourth-order valence-corrected chi connectivity index (χ4v) is 4.51. The maximum Gasteiger partial charge on any atom is 0.251 e. The number of hydrogen-bond acceptors (Lipinski definition) is 4. The van der Waals surface area contributed by atoms with Gasteiger partial charge in [-0.1, -0.05) is 12.1 Å². The van der Waals surface area contributed by atoms with Crippen LogP contribution in [-0.4, -0.2) is 44.9 Å². The van der Waals surface area contributed by atoms with E-state index in [1.54, 1.807) is 12.1 Å². The lowest BCUT2D eigenvalue weighted by Gasteiger charge is -2.15. The van der Waals surface area contributed by atoms with Gasteiger partial charge in [0.05, 0.1) is 11.4 Å². The Labute approximate surface area is 160 Å². The minimum Gasteiger partial charge on any atom is -0.492 e. The number of amides is 1. The van der Waals surface area contributed by atoms with Gasteiger partial charge >= 0.3 is 0 Å². The van der Waals surface area contributed by atoms with Gasteiger partial charge < -0.3 is 10.1 Å². The maximum absolute atomic E-state index is 12.5. The molecule has 1 fully saturated rings. The van der Waals surface area contributed by atoms with Crippen molar-refractivity contribution in [2.24, 2.45) is 0 Å². The molecule has 0 bridgehead atoms. The Hall–Kier alpha value is -2.38. The monoisotopic (exact) mass is 388 g/mol. The molecule has 0 spiro atoms. The Bertz CT molecular complexity index is 888. The zero-order chi connectivity index (χ0) is 19.3.